The topological polar surface area (TPSA) is 458 Å². The van der Waals surface area contributed by atoms with Crippen LogP contribution in [0.3, 0.4) is 0 Å². The molecule has 3 rings (SSSR count). The summed E-state index contributed by atoms with van der Waals surface area (Å²) < 4.78 is 0. The number of guanidine groups is 2. The quantitative estimate of drug-likeness (QED) is 0.0192. The highest BCUT2D eigenvalue weighted by Crippen LogP contribution is 2.21. The highest BCUT2D eigenvalue weighted by Gasteiger charge is 2.37. The molecule has 0 spiro atoms. The van der Waals surface area contributed by atoms with Crippen molar-refractivity contribution in [2.45, 2.75) is 154 Å². The van der Waals surface area contributed by atoms with Crippen LogP contribution in [0.15, 0.2) is 64.7 Å². The van der Waals surface area contributed by atoms with Crippen LogP contribution in [0.2, 0.25) is 0 Å². The number of phenolic OH excluding ortho intramolecular Hbond substituents is 1. The van der Waals surface area contributed by atoms with E-state index >= 15 is 0 Å². The molecule has 0 aliphatic heterocycles. The molecular formula is C54H86N16O10. The van der Waals surface area contributed by atoms with Gasteiger partial charge in [-0.3, -0.25) is 43.5 Å². The van der Waals surface area contributed by atoms with Crippen LogP contribution in [-0.2, 0) is 51.2 Å². The van der Waals surface area contributed by atoms with Crippen molar-refractivity contribution < 1.29 is 48.6 Å². The molecule has 26 nitrogen and oxygen atoms in total. The first-order valence-electron chi connectivity index (χ1n) is 27.1. The van der Waals surface area contributed by atoms with Gasteiger partial charge in [-0.25, -0.2) is 4.79 Å². The standard InChI is InChI=1S/C54H86N16O10/c1-7-31(6)44(70-48(75)41(67-49(76)42(56)29(2)3)27-33-28-63-36-15-9-8-14-35(33)36)51(78)68-40(26-32-19-21-34(71)22-20-32)47(74)69-43(30(4)5)50(77)65-38(17-12-24-61-53(57)58)45(72)64-37(16-10-11-23-55)46(73)66-39(52(79)80)18-13-25-62-54(59)60/h8-9,14-15,19-22,28-31,37-44,63,71H,7,10-13,16-18,23-27,55-56H2,1-6H3,(H,64,72)(H,65,77)(H,66,73)(H,67,76)(H,68,78)(H,69,74)(H,70,75)(H,79,80)(H4,57,58,61)(H4,59,60,62)/t31-,37-,38-,39-,40-,41-,42-,43-,44-/m0/s1. The van der Waals surface area contributed by atoms with E-state index in [0.717, 1.165) is 16.5 Å². The molecule has 0 radical (unpaired) electrons. The van der Waals surface area contributed by atoms with Crippen LogP contribution in [0.4, 0.5) is 0 Å². The molecule has 2 aromatic carbocycles. The second-order valence-corrected chi connectivity index (χ2v) is 20.6. The van der Waals surface area contributed by atoms with Gasteiger partial charge in [0, 0.05) is 43.0 Å². The number of carbonyl (C=O) groups is 8. The lowest BCUT2D eigenvalue weighted by Crippen LogP contribution is -2.62. The zero-order valence-corrected chi connectivity index (χ0v) is 46.8. The third-order valence-corrected chi connectivity index (χ3v) is 13.5. The van der Waals surface area contributed by atoms with Gasteiger partial charge in [0.05, 0.1) is 6.04 Å². The number of phenols is 1. The number of amides is 7. The second-order valence-electron chi connectivity index (χ2n) is 20.6. The number of H-pyrrole nitrogens is 1. The average molecular weight is 1120 g/mol. The summed E-state index contributed by atoms with van der Waals surface area (Å²) in [6, 6.07) is 3.24. The van der Waals surface area contributed by atoms with Crippen LogP contribution in [-0.4, -0.2) is 142 Å². The fraction of sp³-hybridized carbons (Fsp3) is 0.556. The normalized spacial score (nSPS) is 14.6. The Balaban J connectivity index is 1.97. The Kier molecular flexibility index (Phi) is 27.7. The molecular weight excluding hydrogens is 1030 g/mol. The molecule has 0 aliphatic carbocycles. The number of nitrogens with one attached hydrogen (secondary N) is 8. The lowest BCUT2D eigenvalue weighted by Gasteiger charge is -2.30. The summed E-state index contributed by atoms with van der Waals surface area (Å²) in [4.78, 5) is 123. The van der Waals surface area contributed by atoms with E-state index in [1.807, 2.05) is 31.2 Å². The first kappa shape index (κ1) is 66.3. The number of nitrogens with two attached hydrogens (primary N) is 6. The Morgan fingerprint density at radius 1 is 0.562 bits per heavy atom. The number of nitrogens with zero attached hydrogens (tertiary/aromatic N) is 2. The Morgan fingerprint density at radius 3 is 1.57 bits per heavy atom. The second kappa shape index (κ2) is 33.4. The zero-order valence-electron chi connectivity index (χ0n) is 46.8. The van der Waals surface area contributed by atoms with Crippen molar-refractivity contribution in [2.75, 3.05) is 19.6 Å². The molecule has 3 aromatic rings. The molecule has 9 atom stereocenters. The summed E-state index contributed by atoms with van der Waals surface area (Å²) in [5.74, 6) is -8.45. The molecule has 0 unspecified atom stereocenters. The summed E-state index contributed by atoms with van der Waals surface area (Å²) >= 11 is 0. The summed E-state index contributed by atoms with van der Waals surface area (Å²) in [5.41, 5.74) is 35.8. The number of carboxylic acid groups (broad SMARTS) is 1. The first-order chi connectivity index (χ1) is 37.9. The lowest BCUT2D eigenvalue weighted by atomic mass is 9.95. The largest absolute Gasteiger partial charge is 0.508 e. The number of fused-ring (bicyclic) bond motifs is 1. The minimum atomic E-state index is -1.40. The van der Waals surface area contributed by atoms with Gasteiger partial charge in [-0.05, 0) is 98.6 Å². The summed E-state index contributed by atoms with van der Waals surface area (Å²) in [6.07, 6.45) is 3.18. The van der Waals surface area contributed by atoms with Crippen molar-refractivity contribution >= 4 is 70.1 Å². The number of unbranched alkanes of at least 4 members (excludes halogenated alkanes) is 1. The lowest BCUT2D eigenvalue weighted by molar-refractivity contribution is -0.142. The molecule has 26 heteroatoms. The van der Waals surface area contributed by atoms with Crippen molar-refractivity contribution in [1.29, 1.82) is 0 Å². The SMILES string of the molecule is CC[C@H](C)[C@H](NC(=O)[C@H](Cc1c[nH]c2ccccc12)NC(=O)[C@@H](N)C(C)C)C(=O)N[C@@H](Cc1ccc(O)cc1)C(=O)N[C@H](C(=O)N[C@@H](CCCN=C(N)N)C(=O)N[C@@H](CCCCN)C(=O)N[C@@H](CCCN=C(N)N)C(=O)O)C(C)C. The predicted molar refractivity (Wildman–Crippen MR) is 305 cm³/mol. The van der Waals surface area contributed by atoms with Gasteiger partial charge in [0.1, 0.15) is 48.0 Å². The van der Waals surface area contributed by atoms with E-state index in [0.29, 0.717) is 24.8 Å². The molecule has 1 aromatic heterocycles. The number of carbonyl (C=O) groups excluding carboxylic acids is 7. The van der Waals surface area contributed by atoms with Gasteiger partial charge in [0.2, 0.25) is 41.4 Å². The van der Waals surface area contributed by atoms with E-state index < -0.39 is 107 Å². The molecule has 7 amide bonds. The van der Waals surface area contributed by atoms with Crippen LogP contribution >= 0.6 is 0 Å². The Bertz CT molecular complexity index is 2580. The average Bonchev–Trinajstić information content (AvgIpc) is 3.86. The van der Waals surface area contributed by atoms with Crippen molar-refractivity contribution in [1.82, 2.24) is 42.2 Å². The predicted octanol–water partition coefficient (Wildman–Crippen LogP) is -0.942. The maximum Gasteiger partial charge on any atom is 0.326 e. The van der Waals surface area contributed by atoms with Crippen molar-refractivity contribution in [3.8, 4) is 5.75 Å². The first-order valence-corrected chi connectivity index (χ1v) is 27.1. The van der Waals surface area contributed by atoms with Crippen molar-refractivity contribution in [3.05, 3.63) is 65.9 Å². The van der Waals surface area contributed by atoms with Gasteiger partial charge in [-0.1, -0.05) is 78.3 Å². The molecule has 442 valence electrons. The summed E-state index contributed by atoms with van der Waals surface area (Å²) in [7, 11) is 0. The fourth-order valence-electron chi connectivity index (χ4n) is 8.48. The smallest absolute Gasteiger partial charge is 0.326 e. The van der Waals surface area contributed by atoms with E-state index in [4.69, 9.17) is 34.4 Å². The van der Waals surface area contributed by atoms with E-state index in [9.17, 15) is 48.6 Å². The minimum Gasteiger partial charge on any atom is -0.508 e. The van der Waals surface area contributed by atoms with Crippen LogP contribution in [0.5, 0.6) is 5.75 Å². The van der Waals surface area contributed by atoms with Crippen LogP contribution < -0.4 is 71.6 Å². The van der Waals surface area contributed by atoms with E-state index in [1.165, 1.54) is 12.1 Å². The third-order valence-electron chi connectivity index (χ3n) is 13.5. The van der Waals surface area contributed by atoms with Gasteiger partial charge in [-0.15, -0.1) is 0 Å². The molecule has 1 heterocycles. The number of benzene rings is 2. The maximum absolute atomic E-state index is 14.6. The number of hydrogen-bond donors (Lipinski definition) is 16. The van der Waals surface area contributed by atoms with Gasteiger partial charge in [-0.2, -0.15) is 0 Å². The van der Waals surface area contributed by atoms with Crippen LogP contribution in [0.1, 0.15) is 104 Å². The van der Waals surface area contributed by atoms with Crippen LogP contribution in [0.25, 0.3) is 10.9 Å². The number of aliphatic imine (C=N–C) groups is 2. The van der Waals surface area contributed by atoms with E-state index in [-0.39, 0.29) is 88.2 Å². The number of aromatic amines is 1. The zero-order chi connectivity index (χ0) is 59.6. The molecule has 22 N–H and O–H groups in total. The number of aromatic hydroxyl groups is 1. The number of rotatable bonds is 35. The molecule has 0 saturated heterocycles. The highest BCUT2D eigenvalue weighted by molar-refractivity contribution is 5.98. The highest BCUT2D eigenvalue weighted by atomic mass is 16.4. The molecule has 0 fully saturated rings. The van der Waals surface area contributed by atoms with Crippen molar-refractivity contribution in [3.63, 3.8) is 0 Å². The van der Waals surface area contributed by atoms with Crippen LogP contribution in [0, 0.1) is 17.8 Å². The minimum absolute atomic E-state index is 0.0339. The number of aromatic nitrogens is 1. The molecule has 0 saturated carbocycles. The number of aliphatic carboxylic acids is 1. The van der Waals surface area contributed by atoms with Gasteiger partial charge in [0.15, 0.2) is 11.9 Å². The maximum atomic E-state index is 14.6. The molecule has 0 bridgehead atoms. The molecule has 80 heavy (non-hydrogen) atoms. The summed E-state index contributed by atoms with van der Waals surface area (Å²) in [5, 5.41) is 39.9. The Labute approximate surface area is 467 Å². The number of hydrogen-bond acceptors (Lipinski definition) is 13. The van der Waals surface area contributed by atoms with Gasteiger partial charge >= 0.3 is 5.97 Å². The third kappa shape index (κ3) is 22.0. The monoisotopic (exact) mass is 1120 g/mol. The Morgan fingerprint density at radius 2 is 1.04 bits per heavy atom. The molecule has 0 aliphatic rings. The van der Waals surface area contributed by atoms with Gasteiger partial charge in [0.25, 0.3) is 0 Å². The summed E-state index contributed by atoms with van der Waals surface area (Å²) in [6.45, 7) is 10.8. The Hall–Kier alpha value is -8.00. The van der Waals surface area contributed by atoms with E-state index in [2.05, 4.69) is 52.2 Å². The van der Waals surface area contributed by atoms with E-state index in [1.54, 1.807) is 52.9 Å². The fourth-order valence-corrected chi connectivity index (χ4v) is 8.48. The number of para-hydroxylation sites is 1. The van der Waals surface area contributed by atoms with Crippen molar-refractivity contribution in [2.24, 2.45) is 62.1 Å². The van der Waals surface area contributed by atoms with Gasteiger partial charge < -0.3 is 86.8 Å². The number of carboxylic acids is 1.